The number of ether oxygens (including phenoxy) is 1. The number of rotatable bonds is 5. The Bertz CT molecular complexity index is 865. The van der Waals surface area contributed by atoms with Gasteiger partial charge in [-0.1, -0.05) is 36.4 Å². The van der Waals surface area contributed by atoms with E-state index in [4.69, 9.17) is 4.74 Å². The summed E-state index contributed by atoms with van der Waals surface area (Å²) in [6, 6.07) is 16.1. The maximum atomic E-state index is 11.8. The number of benzene rings is 2. The van der Waals surface area contributed by atoms with Crippen molar-refractivity contribution in [3.8, 4) is 0 Å². The molecule has 1 amide bonds. The highest BCUT2D eigenvalue weighted by atomic mass is 16.5. The van der Waals surface area contributed by atoms with Gasteiger partial charge in [0.05, 0.1) is 13.2 Å². The Labute approximate surface area is 173 Å². The molecule has 0 bridgehead atoms. The van der Waals surface area contributed by atoms with Crippen molar-refractivity contribution in [1.82, 2.24) is 15.5 Å². The molecule has 6 heteroatoms. The molecular weight excluding hydrogens is 364 g/mol. The number of aliphatic imine (C=N–C) groups is 1. The molecule has 1 atom stereocenters. The van der Waals surface area contributed by atoms with Crippen LogP contribution in [0, 0.1) is 6.92 Å². The normalized spacial score (nSPS) is 17.1. The molecule has 6 nitrogen and oxygen atoms in total. The van der Waals surface area contributed by atoms with Gasteiger partial charge in [0.15, 0.2) is 5.96 Å². The van der Waals surface area contributed by atoms with Crippen molar-refractivity contribution in [3.63, 3.8) is 0 Å². The Morgan fingerprint density at radius 2 is 2.07 bits per heavy atom. The number of nitrogens with one attached hydrogen (secondary N) is 2. The largest absolute Gasteiger partial charge is 0.370 e. The highest BCUT2D eigenvalue weighted by Crippen LogP contribution is 2.24. The van der Waals surface area contributed by atoms with Gasteiger partial charge < -0.3 is 20.3 Å². The summed E-state index contributed by atoms with van der Waals surface area (Å²) in [5.41, 5.74) is 4.29. The van der Waals surface area contributed by atoms with Gasteiger partial charge in [-0.25, -0.2) is 0 Å². The lowest BCUT2D eigenvalue weighted by molar-refractivity contribution is -0.00829. The third-order valence-electron chi connectivity index (χ3n) is 5.23. The van der Waals surface area contributed by atoms with Crippen LogP contribution < -0.4 is 10.6 Å². The SMILES string of the molecule is CN=C(NCCc1cccc(C(=O)NC)c1)N1CCOC(c2ccccc2C)C1. The predicted octanol–water partition coefficient (Wildman–Crippen LogP) is 2.55. The first-order valence-electron chi connectivity index (χ1n) is 10.1. The molecule has 0 aromatic heterocycles. The van der Waals surface area contributed by atoms with Crippen LogP contribution >= 0.6 is 0 Å². The Hall–Kier alpha value is -2.86. The highest BCUT2D eigenvalue weighted by Gasteiger charge is 2.25. The third-order valence-corrected chi connectivity index (χ3v) is 5.23. The number of morpholine rings is 1. The van der Waals surface area contributed by atoms with Crippen molar-refractivity contribution in [2.45, 2.75) is 19.4 Å². The van der Waals surface area contributed by atoms with Gasteiger partial charge in [0.2, 0.25) is 0 Å². The van der Waals surface area contributed by atoms with E-state index >= 15 is 0 Å². The van der Waals surface area contributed by atoms with Crippen LogP contribution in [0.2, 0.25) is 0 Å². The van der Waals surface area contributed by atoms with Gasteiger partial charge >= 0.3 is 0 Å². The van der Waals surface area contributed by atoms with E-state index in [1.807, 2.05) is 31.3 Å². The topological polar surface area (TPSA) is 66.0 Å². The van der Waals surface area contributed by atoms with E-state index in [1.165, 1.54) is 11.1 Å². The van der Waals surface area contributed by atoms with Crippen molar-refractivity contribution in [2.24, 2.45) is 4.99 Å². The van der Waals surface area contributed by atoms with Crippen LogP contribution in [0.1, 0.15) is 33.2 Å². The maximum absolute atomic E-state index is 11.8. The van der Waals surface area contributed by atoms with Crippen molar-refractivity contribution in [3.05, 3.63) is 70.8 Å². The quantitative estimate of drug-likeness (QED) is 0.604. The molecule has 1 aliphatic heterocycles. The molecule has 1 fully saturated rings. The molecule has 29 heavy (non-hydrogen) atoms. The van der Waals surface area contributed by atoms with E-state index in [0.717, 1.165) is 37.6 Å². The summed E-state index contributed by atoms with van der Waals surface area (Å²) >= 11 is 0. The standard InChI is InChI=1S/C23H30N4O2/c1-17-7-4-5-10-20(17)21-16-27(13-14-29-21)23(25-3)26-12-11-18-8-6-9-19(15-18)22(28)24-2/h4-10,15,21H,11-14,16H2,1-3H3,(H,24,28)(H,25,26). The zero-order valence-electron chi connectivity index (χ0n) is 17.4. The first kappa shape index (κ1) is 20.9. The number of carbonyl (C=O) groups excluding carboxylic acids is 1. The fourth-order valence-corrected chi connectivity index (χ4v) is 3.64. The van der Waals surface area contributed by atoms with Gasteiger partial charge in [-0.2, -0.15) is 0 Å². The summed E-state index contributed by atoms with van der Waals surface area (Å²) in [4.78, 5) is 18.5. The Kier molecular flexibility index (Phi) is 7.25. The summed E-state index contributed by atoms with van der Waals surface area (Å²) in [6.07, 6.45) is 0.864. The number of aryl methyl sites for hydroxylation is 1. The van der Waals surface area contributed by atoms with Gasteiger partial charge in [-0.3, -0.25) is 9.79 Å². The van der Waals surface area contributed by atoms with Crippen molar-refractivity contribution in [2.75, 3.05) is 40.3 Å². The molecule has 1 unspecified atom stereocenters. The molecule has 2 aromatic rings. The first-order valence-corrected chi connectivity index (χ1v) is 10.1. The zero-order valence-corrected chi connectivity index (χ0v) is 17.4. The average molecular weight is 395 g/mol. The van der Waals surface area contributed by atoms with Gasteiger partial charge in [-0.05, 0) is 42.2 Å². The van der Waals surface area contributed by atoms with Crippen LogP contribution in [0.3, 0.4) is 0 Å². The molecule has 2 aromatic carbocycles. The van der Waals surface area contributed by atoms with Crippen LogP contribution in [0.25, 0.3) is 0 Å². The monoisotopic (exact) mass is 394 g/mol. The molecule has 0 radical (unpaired) electrons. The number of hydrogen-bond donors (Lipinski definition) is 2. The highest BCUT2D eigenvalue weighted by molar-refractivity contribution is 5.94. The molecule has 2 N–H and O–H groups in total. The minimum atomic E-state index is -0.0637. The van der Waals surface area contributed by atoms with Crippen LogP contribution in [-0.2, 0) is 11.2 Å². The number of guanidine groups is 1. The minimum absolute atomic E-state index is 0.0488. The third kappa shape index (κ3) is 5.35. The van der Waals surface area contributed by atoms with E-state index in [9.17, 15) is 4.79 Å². The second kappa shape index (κ2) is 10.1. The summed E-state index contributed by atoms with van der Waals surface area (Å²) in [5.74, 6) is 0.820. The molecule has 3 rings (SSSR count). The van der Waals surface area contributed by atoms with Crippen molar-refractivity contribution in [1.29, 1.82) is 0 Å². The van der Waals surface area contributed by atoms with Crippen LogP contribution in [0.15, 0.2) is 53.5 Å². The number of hydrogen-bond acceptors (Lipinski definition) is 3. The average Bonchev–Trinajstić information content (AvgIpc) is 2.77. The fourth-order valence-electron chi connectivity index (χ4n) is 3.64. The zero-order chi connectivity index (χ0) is 20.6. The van der Waals surface area contributed by atoms with Crippen LogP contribution in [0.4, 0.5) is 0 Å². The number of nitrogens with zero attached hydrogens (tertiary/aromatic N) is 2. The minimum Gasteiger partial charge on any atom is -0.370 e. The lowest BCUT2D eigenvalue weighted by Gasteiger charge is -2.35. The van der Waals surface area contributed by atoms with Crippen LogP contribution in [0.5, 0.6) is 0 Å². The van der Waals surface area contributed by atoms with E-state index in [1.54, 1.807) is 7.05 Å². The maximum Gasteiger partial charge on any atom is 0.251 e. The molecule has 154 valence electrons. The lowest BCUT2D eigenvalue weighted by atomic mass is 10.0. The molecule has 1 saturated heterocycles. The lowest BCUT2D eigenvalue weighted by Crippen LogP contribution is -2.48. The Balaban J connectivity index is 1.58. The fraction of sp³-hybridized carbons (Fsp3) is 0.391. The van der Waals surface area contributed by atoms with E-state index in [-0.39, 0.29) is 12.0 Å². The van der Waals surface area contributed by atoms with E-state index in [0.29, 0.717) is 12.2 Å². The number of carbonyl (C=O) groups is 1. The smallest absolute Gasteiger partial charge is 0.251 e. The van der Waals surface area contributed by atoms with Gasteiger partial charge in [-0.15, -0.1) is 0 Å². The molecule has 0 aliphatic carbocycles. The van der Waals surface area contributed by atoms with Crippen molar-refractivity contribution >= 4 is 11.9 Å². The van der Waals surface area contributed by atoms with E-state index in [2.05, 4.69) is 51.7 Å². The van der Waals surface area contributed by atoms with Crippen molar-refractivity contribution < 1.29 is 9.53 Å². The Morgan fingerprint density at radius 1 is 1.24 bits per heavy atom. The molecule has 0 spiro atoms. The molecule has 1 heterocycles. The van der Waals surface area contributed by atoms with Gasteiger partial charge in [0.1, 0.15) is 6.10 Å². The summed E-state index contributed by atoms with van der Waals surface area (Å²) in [5, 5.41) is 6.12. The summed E-state index contributed by atoms with van der Waals surface area (Å²) in [7, 11) is 3.46. The number of amides is 1. The second-order valence-electron chi connectivity index (χ2n) is 7.17. The summed E-state index contributed by atoms with van der Waals surface area (Å²) in [6.45, 7) is 5.13. The van der Waals surface area contributed by atoms with Crippen LogP contribution in [-0.4, -0.2) is 57.1 Å². The molecule has 1 aliphatic rings. The Morgan fingerprint density at radius 3 is 2.83 bits per heavy atom. The molecule has 0 saturated carbocycles. The van der Waals surface area contributed by atoms with E-state index < -0.39 is 0 Å². The van der Waals surface area contributed by atoms with Gasteiger partial charge in [0.25, 0.3) is 5.91 Å². The second-order valence-corrected chi connectivity index (χ2v) is 7.17. The molecular formula is C23H30N4O2. The predicted molar refractivity (Wildman–Crippen MR) is 116 cm³/mol. The first-order chi connectivity index (χ1) is 14.1. The van der Waals surface area contributed by atoms with Gasteiger partial charge in [0, 0.05) is 32.7 Å². The summed E-state index contributed by atoms with van der Waals surface area (Å²) < 4.78 is 6.03.